The summed E-state index contributed by atoms with van der Waals surface area (Å²) in [5.41, 5.74) is 0. The second kappa shape index (κ2) is 7.00. The largest absolute Gasteiger partial charge is 0.343 e. The van der Waals surface area contributed by atoms with Crippen LogP contribution in [-0.2, 0) is 4.79 Å². The van der Waals surface area contributed by atoms with Gasteiger partial charge in [0.2, 0.25) is 5.91 Å². The average Bonchev–Trinajstić information content (AvgIpc) is 2.28. The quantitative estimate of drug-likeness (QED) is 0.800. The zero-order valence-electron chi connectivity index (χ0n) is 11.8. The summed E-state index contributed by atoms with van der Waals surface area (Å²) in [5, 5.41) is 3.30. The molecule has 3 unspecified atom stereocenters. The van der Waals surface area contributed by atoms with E-state index >= 15 is 0 Å². The van der Waals surface area contributed by atoms with Gasteiger partial charge in [0.15, 0.2) is 0 Å². The van der Waals surface area contributed by atoms with Crippen molar-refractivity contribution in [3.8, 4) is 0 Å². The predicted octanol–water partition coefficient (Wildman–Crippen LogP) is 2.41. The van der Waals surface area contributed by atoms with Crippen molar-refractivity contribution in [3.05, 3.63) is 0 Å². The van der Waals surface area contributed by atoms with Crippen LogP contribution in [0, 0.1) is 5.92 Å². The highest BCUT2D eigenvalue weighted by atomic mass is 16.2. The lowest BCUT2D eigenvalue weighted by Gasteiger charge is -2.34. The molecule has 0 aromatic carbocycles. The topological polar surface area (TPSA) is 32.3 Å². The van der Waals surface area contributed by atoms with Gasteiger partial charge in [-0.3, -0.25) is 4.79 Å². The number of carbonyl (C=O) groups is 1. The molecule has 1 aliphatic rings. The van der Waals surface area contributed by atoms with Gasteiger partial charge < -0.3 is 10.2 Å². The van der Waals surface area contributed by atoms with Crippen LogP contribution in [0.1, 0.15) is 52.9 Å². The minimum Gasteiger partial charge on any atom is -0.343 e. The fourth-order valence-electron chi connectivity index (χ4n) is 2.78. The van der Waals surface area contributed by atoms with E-state index in [2.05, 4.69) is 26.1 Å². The van der Waals surface area contributed by atoms with Crippen LogP contribution in [0.15, 0.2) is 0 Å². The molecule has 0 aliphatic heterocycles. The Morgan fingerprint density at radius 3 is 2.76 bits per heavy atom. The maximum absolute atomic E-state index is 12.1. The molecular formula is C14H28N2O. The highest BCUT2D eigenvalue weighted by molar-refractivity contribution is 5.76. The third kappa shape index (κ3) is 4.66. The first kappa shape index (κ1) is 14.5. The number of nitrogens with one attached hydrogen (secondary N) is 1. The molecule has 1 saturated carbocycles. The van der Waals surface area contributed by atoms with Crippen molar-refractivity contribution in [1.29, 1.82) is 0 Å². The fraction of sp³-hybridized carbons (Fsp3) is 0.929. The monoisotopic (exact) mass is 240 g/mol. The summed E-state index contributed by atoms with van der Waals surface area (Å²) in [7, 11) is 1.98. The molecule has 0 aromatic rings. The summed E-state index contributed by atoms with van der Waals surface area (Å²) in [5.74, 6) is 1.06. The summed E-state index contributed by atoms with van der Waals surface area (Å²) >= 11 is 0. The van der Waals surface area contributed by atoms with E-state index in [1.54, 1.807) is 0 Å². The van der Waals surface area contributed by atoms with Crippen molar-refractivity contribution in [2.45, 2.75) is 65.0 Å². The second-order valence-electron chi connectivity index (χ2n) is 5.59. The highest BCUT2D eigenvalue weighted by Crippen LogP contribution is 2.26. The standard InChI is InChI=1S/C14H28N2O/c1-5-15-12(3)10-14(17)16(4)13-8-6-7-11(2)9-13/h11-13,15H,5-10H2,1-4H3. The average molecular weight is 240 g/mol. The van der Waals surface area contributed by atoms with Gasteiger partial charge in [-0.2, -0.15) is 0 Å². The first-order valence-electron chi connectivity index (χ1n) is 7.03. The Balaban J connectivity index is 2.39. The van der Waals surface area contributed by atoms with Gasteiger partial charge in [-0.05, 0) is 32.2 Å². The normalized spacial score (nSPS) is 26.6. The maximum Gasteiger partial charge on any atom is 0.224 e. The molecule has 1 N–H and O–H groups in total. The molecule has 17 heavy (non-hydrogen) atoms. The van der Waals surface area contributed by atoms with E-state index in [4.69, 9.17) is 0 Å². The molecule has 0 aromatic heterocycles. The molecule has 1 amide bonds. The van der Waals surface area contributed by atoms with Crippen LogP contribution in [0.5, 0.6) is 0 Å². The molecule has 1 aliphatic carbocycles. The molecule has 3 heteroatoms. The van der Waals surface area contributed by atoms with Gasteiger partial charge in [-0.15, -0.1) is 0 Å². The third-order valence-corrected chi connectivity index (χ3v) is 3.88. The number of rotatable bonds is 5. The lowest BCUT2D eigenvalue weighted by Crippen LogP contribution is -2.42. The van der Waals surface area contributed by atoms with E-state index in [1.165, 1.54) is 25.7 Å². The smallest absolute Gasteiger partial charge is 0.224 e. The molecule has 0 bridgehead atoms. The number of carbonyl (C=O) groups excluding carboxylic acids is 1. The summed E-state index contributed by atoms with van der Waals surface area (Å²) in [4.78, 5) is 14.1. The molecule has 3 nitrogen and oxygen atoms in total. The van der Waals surface area contributed by atoms with Crippen LogP contribution < -0.4 is 5.32 Å². The first-order valence-corrected chi connectivity index (χ1v) is 7.03. The predicted molar refractivity (Wildman–Crippen MR) is 71.9 cm³/mol. The Bertz CT molecular complexity index is 242. The summed E-state index contributed by atoms with van der Waals surface area (Å²) < 4.78 is 0. The van der Waals surface area contributed by atoms with Gasteiger partial charge in [-0.25, -0.2) is 0 Å². The zero-order chi connectivity index (χ0) is 12.8. The molecule has 0 heterocycles. The number of nitrogens with zero attached hydrogens (tertiary/aromatic N) is 1. The second-order valence-corrected chi connectivity index (χ2v) is 5.59. The van der Waals surface area contributed by atoms with E-state index in [9.17, 15) is 4.79 Å². The fourth-order valence-corrected chi connectivity index (χ4v) is 2.78. The molecule has 1 fully saturated rings. The van der Waals surface area contributed by atoms with Crippen molar-refractivity contribution in [2.24, 2.45) is 5.92 Å². The van der Waals surface area contributed by atoms with Crippen LogP contribution in [0.2, 0.25) is 0 Å². The molecule has 100 valence electrons. The van der Waals surface area contributed by atoms with Gasteiger partial charge in [0, 0.05) is 25.6 Å². The van der Waals surface area contributed by atoms with Crippen LogP contribution in [0.25, 0.3) is 0 Å². The third-order valence-electron chi connectivity index (χ3n) is 3.88. The molecule has 3 atom stereocenters. The molecule has 0 spiro atoms. The van der Waals surface area contributed by atoms with Crippen molar-refractivity contribution in [3.63, 3.8) is 0 Å². The van der Waals surface area contributed by atoms with Gasteiger partial charge in [0.25, 0.3) is 0 Å². The van der Waals surface area contributed by atoms with Crippen molar-refractivity contribution in [2.75, 3.05) is 13.6 Å². The molecule has 0 radical (unpaired) electrons. The van der Waals surface area contributed by atoms with Gasteiger partial charge in [0.05, 0.1) is 0 Å². The van der Waals surface area contributed by atoms with E-state index in [1.807, 2.05) is 11.9 Å². The number of hydrogen-bond acceptors (Lipinski definition) is 2. The van der Waals surface area contributed by atoms with Gasteiger partial charge in [-0.1, -0.05) is 26.7 Å². The van der Waals surface area contributed by atoms with E-state index in [0.29, 0.717) is 12.5 Å². The minimum atomic E-state index is 0.288. The highest BCUT2D eigenvalue weighted by Gasteiger charge is 2.25. The van der Waals surface area contributed by atoms with Crippen LogP contribution in [-0.4, -0.2) is 36.5 Å². The van der Waals surface area contributed by atoms with Gasteiger partial charge >= 0.3 is 0 Å². The van der Waals surface area contributed by atoms with E-state index in [0.717, 1.165) is 12.5 Å². The van der Waals surface area contributed by atoms with Crippen LogP contribution >= 0.6 is 0 Å². The Hall–Kier alpha value is -0.570. The van der Waals surface area contributed by atoms with Crippen LogP contribution in [0.4, 0.5) is 0 Å². The van der Waals surface area contributed by atoms with Crippen LogP contribution in [0.3, 0.4) is 0 Å². The minimum absolute atomic E-state index is 0.288. The Labute approximate surface area is 106 Å². The Morgan fingerprint density at radius 2 is 2.18 bits per heavy atom. The van der Waals surface area contributed by atoms with E-state index < -0.39 is 0 Å². The maximum atomic E-state index is 12.1. The molecular weight excluding hydrogens is 212 g/mol. The SMILES string of the molecule is CCNC(C)CC(=O)N(C)C1CCCC(C)C1. The van der Waals surface area contributed by atoms with Crippen molar-refractivity contribution in [1.82, 2.24) is 10.2 Å². The number of amides is 1. The Kier molecular flexibility index (Phi) is 5.96. The first-order chi connectivity index (χ1) is 8.04. The Morgan fingerprint density at radius 1 is 1.47 bits per heavy atom. The van der Waals surface area contributed by atoms with Crippen molar-refractivity contribution >= 4 is 5.91 Å². The summed E-state index contributed by atoms with van der Waals surface area (Å²) in [6.45, 7) is 7.39. The number of hydrogen-bond donors (Lipinski definition) is 1. The van der Waals surface area contributed by atoms with Gasteiger partial charge in [0.1, 0.15) is 0 Å². The lowest BCUT2D eigenvalue weighted by atomic mass is 9.86. The molecule has 1 rings (SSSR count). The molecule has 0 saturated heterocycles. The summed E-state index contributed by atoms with van der Waals surface area (Å²) in [6, 6.07) is 0.760. The summed E-state index contributed by atoms with van der Waals surface area (Å²) in [6.07, 6.45) is 5.58. The zero-order valence-corrected chi connectivity index (χ0v) is 11.8. The van der Waals surface area contributed by atoms with Crippen molar-refractivity contribution < 1.29 is 4.79 Å². The lowest BCUT2D eigenvalue weighted by molar-refractivity contribution is -0.133. The van der Waals surface area contributed by atoms with E-state index in [-0.39, 0.29) is 11.9 Å².